The van der Waals surface area contributed by atoms with Crippen molar-refractivity contribution in [3.8, 4) is 0 Å². The molecular weight excluding hydrogens is 510 g/mol. The van der Waals surface area contributed by atoms with Gasteiger partial charge < -0.3 is 24.6 Å². The molecule has 0 saturated carbocycles. The average Bonchev–Trinajstić information content (AvgIpc) is 3.60. The smallest absolute Gasteiger partial charge is 0.351 e. The number of piperidine rings is 1. The fraction of sp³-hybridized carbons (Fsp3) is 0.536. The maximum absolute atomic E-state index is 12.0. The van der Waals surface area contributed by atoms with Gasteiger partial charge in [-0.2, -0.15) is 0 Å². The first-order valence-electron chi connectivity index (χ1n) is 13.2. The molecule has 0 bridgehead atoms. The van der Waals surface area contributed by atoms with Gasteiger partial charge >= 0.3 is 11.9 Å². The van der Waals surface area contributed by atoms with E-state index >= 15 is 0 Å². The van der Waals surface area contributed by atoms with E-state index in [1.807, 2.05) is 22.7 Å². The van der Waals surface area contributed by atoms with Crippen molar-refractivity contribution in [1.29, 1.82) is 0 Å². The van der Waals surface area contributed by atoms with Crippen molar-refractivity contribution in [2.24, 2.45) is 0 Å². The van der Waals surface area contributed by atoms with E-state index in [0.29, 0.717) is 13.0 Å². The van der Waals surface area contributed by atoms with Crippen LogP contribution >= 0.6 is 22.7 Å². The van der Waals surface area contributed by atoms with Gasteiger partial charge in [0.15, 0.2) is 5.97 Å². The normalized spacial score (nSPS) is 14.9. The van der Waals surface area contributed by atoms with Crippen molar-refractivity contribution in [2.75, 3.05) is 26.2 Å². The molecule has 0 amide bonds. The lowest BCUT2D eigenvalue weighted by Gasteiger charge is -2.27. The Kier molecular flexibility index (Phi) is 14.8. The topological polar surface area (TPSA) is 108 Å². The van der Waals surface area contributed by atoms with Gasteiger partial charge in [-0.25, -0.2) is 4.79 Å². The zero-order valence-corrected chi connectivity index (χ0v) is 23.3. The number of hydrogen-bond donors (Lipinski definition) is 2. The van der Waals surface area contributed by atoms with Crippen LogP contribution < -0.4 is 10.0 Å². The van der Waals surface area contributed by atoms with Crippen molar-refractivity contribution < 1.29 is 34.2 Å². The first kappa shape index (κ1) is 30.7. The van der Waals surface area contributed by atoms with E-state index in [1.165, 1.54) is 47.4 Å². The number of esters is 1. The highest BCUT2D eigenvalue weighted by molar-refractivity contribution is 7.13. The molecule has 2 N–H and O–H groups in total. The van der Waals surface area contributed by atoms with E-state index in [-0.39, 0.29) is 5.97 Å². The lowest BCUT2D eigenvalue weighted by Crippen LogP contribution is -3.13. The number of carbonyl (C=O) groups is 3. The summed E-state index contributed by atoms with van der Waals surface area (Å²) in [6, 6.07) is 8.79. The van der Waals surface area contributed by atoms with Crippen LogP contribution in [0.2, 0.25) is 0 Å². The molecule has 0 atom stereocenters. The van der Waals surface area contributed by atoms with Crippen molar-refractivity contribution in [3.05, 3.63) is 50.4 Å². The molecule has 1 fully saturated rings. The molecule has 0 unspecified atom stereocenters. The Bertz CT molecular complexity index is 911. The third kappa shape index (κ3) is 12.1. The summed E-state index contributed by atoms with van der Waals surface area (Å²) in [5.41, 5.74) is 3.05. The van der Waals surface area contributed by atoms with Gasteiger partial charge in [0.25, 0.3) is 0 Å². The van der Waals surface area contributed by atoms with Crippen LogP contribution in [0.1, 0.15) is 80.9 Å². The molecule has 3 heterocycles. The highest BCUT2D eigenvalue weighted by Crippen LogP contribution is 2.35. The first-order chi connectivity index (χ1) is 17.9. The van der Waals surface area contributed by atoms with Crippen molar-refractivity contribution in [2.45, 2.75) is 71.1 Å². The molecule has 0 radical (unpaired) electrons. The second-order valence-electron chi connectivity index (χ2n) is 9.12. The maximum atomic E-state index is 12.0. The molecule has 1 aliphatic rings. The van der Waals surface area contributed by atoms with Gasteiger partial charge in [0.2, 0.25) is 0 Å². The Morgan fingerprint density at radius 2 is 1.49 bits per heavy atom. The Morgan fingerprint density at radius 1 is 0.946 bits per heavy atom. The summed E-state index contributed by atoms with van der Waals surface area (Å²) in [6.45, 7) is 6.00. The summed E-state index contributed by atoms with van der Waals surface area (Å²) in [7, 11) is 0. The molecule has 1 aliphatic heterocycles. The minimum atomic E-state index is -2.07. The second kappa shape index (κ2) is 17.9. The van der Waals surface area contributed by atoms with Crippen LogP contribution in [0, 0.1) is 0 Å². The Morgan fingerprint density at radius 3 is 1.97 bits per heavy atom. The predicted octanol–water partition coefficient (Wildman–Crippen LogP) is 3.80. The molecule has 0 aliphatic carbocycles. The van der Waals surface area contributed by atoms with Gasteiger partial charge in [0.05, 0.1) is 13.1 Å². The van der Waals surface area contributed by atoms with E-state index in [9.17, 15) is 4.79 Å². The Hall–Kier alpha value is -2.49. The fourth-order valence-corrected chi connectivity index (χ4v) is 6.06. The third-order valence-electron chi connectivity index (χ3n) is 6.33. The summed E-state index contributed by atoms with van der Waals surface area (Å²) in [4.78, 5) is 34.4. The van der Waals surface area contributed by atoms with Crippen LogP contribution in [0.4, 0.5) is 0 Å². The average molecular weight is 550 g/mol. The SMILES string of the molecule is CCCCCCCCCC(=O)OCC[NH+]1CCC(=C(c2cccs2)c2cccs2)CC1.O=C([O-])C(=O)O. The van der Waals surface area contributed by atoms with E-state index in [4.69, 9.17) is 24.5 Å². The fourth-order valence-electron chi connectivity index (χ4n) is 4.32. The van der Waals surface area contributed by atoms with Gasteiger partial charge in [-0.05, 0) is 34.9 Å². The summed E-state index contributed by atoms with van der Waals surface area (Å²) in [5, 5.41) is 20.7. The number of carbonyl (C=O) groups excluding carboxylic acids is 2. The van der Waals surface area contributed by atoms with Crippen LogP contribution in [-0.4, -0.2) is 49.3 Å². The Balaban J connectivity index is 0.000000717. The van der Waals surface area contributed by atoms with Crippen LogP contribution in [0.3, 0.4) is 0 Å². The summed E-state index contributed by atoms with van der Waals surface area (Å²) in [6.07, 6.45) is 11.5. The summed E-state index contributed by atoms with van der Waals surface area (Å²) >= 11 is 3.68. The minimum absolute atomic E-state index is 0.0109. The summed E-state index contributed by atoms with van der Waals surface area (Å²) < 4.78 is 5.51. The third-order valence-corrected chi connectivity index (χ3v) is 8.10. The number of quaternary nitrogens is 1. The molecule has 1 saturated heterocycles. The number of hydrogen-bond acceptors (Lipinski definition) is 7. The molecule has 3 rings (SSSR count). The summed E-state index contributed by atoms with van der Waals surface area (Å²) in [5.74, 6) is -4.02. The van der Waals surface area contributed by atoms with Crippen LogP contribution in [0.5, 0.6) is 0 Å². The minimum Gasteiger partial charge on any atom is -0.539 e. The van der Waals surface area contributed by atoms with Crippen LogP contribution in [-0.2, 0) is 19.1 Å². The lowest BCUT2D eigenvalue weighted by atomic mass is 9.96. The maximum Gasteiger partial charge on any atom is 0.351 e. The number of nitrogens with one attached hydrogen (secondary N) is 1. The van der Waals surface area contributed by atoms with Crippen molar-refractivity contribution >= 4 is 46.2 Å². The zero-order chi connectivity index (χ0) is 26.9. The number of ether oxygens (including phenoxy) is 1. The van der Waals surface area contributed by atoms with Crippen molar-refractivity contribution in [3.63, 3.8) is 0 Å². The lowest BCUT2D eigenvalue weighted by molar-refractivity contribution is -0.902. The number of unbranched alkanes of at least 4 members (excludes halogenated alkanes) is 6. The monoisotopic (exact) mass is 549 g/mol. The molecule has 0 spiro atoms. The van der Waals surface area contributed by atoms with Gasteiger partial charge in [0, 0.05) is 34.6 Å². The standard InChI is InChI=1S/C26H37NO2S2.C2H2O4/c1-2-3-4-5-6-7-8-13-25(28)29-19-18-27-16-14-22(15-17-27)26(23-11-9-20-30-23)24-12-10-21-31-24;3-1(4)2(5)6/h9-12,20-21H,2-8,13-19H2,1H3;(H,3,4)(H,5,6). The molecular formula is C28H39NO6S2. The molecule has 204 valence electrons. The van der Waals surface area contributed by atoms with Crippen LogP contribution in [0.15, 0.2) is 40.6 Å². The molecule has 2 aromatic rings. The number of rotatable bonds is 13. The van der Waals surface area contributed by atoms with Crippen LogP contribution in [0.25, 0.3) is 5.57 Å². The highest BCUT2D eigenvalue weighted by atomic mass is 32.1. The van der Waals surface area contributed by atoms with E-state index in [2.05, 4.69) is 41.9 Å². The molecule has 2 aromatic heterocycles. The molecule has 7 nitrogen and oxygen atoms in total. The predicted molar refractivity (Wildman–Crippen MR) is 146 cm³/mol. The zero-order valence-electron chi connectivity index (χ0n) is 21.7. The highest BCUT2D eigenvalue weighted by Gasteiger charge is 2.22. The van der Waals surface area contributed by atoms with Gasteiger partial charge in [-0.1, -0.05) is 57.6 Å². The largest absolute Gasteiger partial charge is 0.539 e. The van der Waals surface area contributed by atoms with E-state index < -0.39 is 11.9 Å². The van der Waals surface area contributed by atoms with E-state index in [1.54, 1.807) is 10.5 Å². The molecule has 0 aromatic carbocycles. The van der Waals surface area contributed by atoms with Crippen molar-refractivity contribution in [1.82, 2.24) is 0 Å². The molecule has 37 heavy (non-hydrogen) atoms. The molecule has 9 heteroatoms. The Labute approximate surface area is 227 Å². The number of carboxylic acid groups (broad SMARTS) is 2. The number of aliphatic carboxylic acids is 2. The number of carboxylic acids is 2. The second-order valence-corrected chi connectivity index (χ2v) is 11.0. The van der Waals surface area contributed by atoms with E-state index in [0.717, 1.165) is 45.3 Å². The number of likely N-dealkylation sites (tertiary alicyclic amines) is 1. The quantitative estimate of drug-likeness (QED) is 0.224. The first-order valence-corrected chi connectivity index (χ1v) is 14.9. The van der Waals surface area contributed by atoms with Gasteiger partial charge in [-0.15, -0.1) is 22.7 Å². The number of thiophene rings is 2. The van der Waals surface area contributed by atoms with Gasteiger partial charge in [0.1, 0.15) is 13.2 Å². The van der Waals surface area contributed by atoms with Gasteiger partial charge in [-0.3, -0.25) is 4.79 Å².